The van der Waals surface area contributed by atoms with Crippen LogP contribution < -0.4 is 10.6 Å². The lowest BCUT2D eigenvalue weighted by atomic mass is 9.78. The van der Waals surface area contributed by atoms with E-state index in [0.29, 0.717) is 22.2 Å². The second-order valence-electron chi connectivity index (χ2n) is 7.68. The molecule has 3 N–H and O–H groups in total. The molecule has 1 saturated carbocycles. The molecule has 31 heavy (non-hydrogen) atoms. The molecule has 1 aromatic heterocycles. The molecule has 3 aromatic rings. The fraction of sp³-hybridized carbons (Fsp3) is 0.250. The summed E-state index contributed by atoms with van der Waals surface area (Å²) in [6, 6.07) is 18.7. The standard InChI is InChI=1S/C24H23ClN2O3S/c25-19-10-8-16(21-11-9-18(15-28)30-21)14-20(19)26-23(31)27-22(29)24(12-4-5-13-24)17-6-2-1-3-7-17/h1-3,6-11,14,28H,4-5,12-13,15H2,(H2,26,27,29,31). The first kappa shape index (κ1) is 21.6. The summed E-state index contributed by atoms with van der Waals surface area (Å²) in [5.74, 6) is 0.984. The van der Waals surface area contributed by atoms with Gasteiger partial charge in [0.25, 0.3) is 0 Å². The number of amides is 1. The molecule has 0 bridgehead atoms. The van der Waals surface area contributed by atoms with E-state index in [4.69, 9.17) is 28.2 Å². The maximum absolute atomic E-state index is 13.3. The van der Waals surface area contributed by atoms with Crippen LogP contribution in [-0.2, 0) is 16.8 Å². The van der Waals surface area contributed by atoms with Crippen molar-refractivity contribution < 1.29 is 14.3 Å². The van der Waals surface area contributed by atoms with Gasteiger partial charge < -0.3 is 20.2 Å². The molecule has 4 rings (SSSR count). The lowest BCUT2D eigenvalue weighted by molar-refractivity contribution is -0.125. The fourth-order valence-corrected chi connectivity index (χ4v) is 4.52. The number of hydrogen-bond donors (Lipinski definition) is 3. The van der Waals surface area contributed by atoms with Crippen molar-refractivity contribution in [2.75, 3.05) is 5.32 Å². The zero-order chi connectivity index (χ0) is 21.8. The SMILES string of the molecule is O=C(NC(=S)Nc1cc(-c2ccc(CO)o2)ccc1Cl)C1(c2ccccc2)CCCC1. The Hall–Kier alpha value is -2.67. The highest BCUT2D eigenvalue weighted by Crippen LogP contribution is 2.41. The Morgan fingerprint density at radius 1 is 1.10 bits per heavy atom. The molecule has 2 aromatic carbocycles. The third-order valence-corrected chi connectivity index (χ3v) is 6.30. The molecule has 1 aliphatic rings. The topological polar surface area (TPSA) is 74.5 Å². The van der Waals surface area contributed by atoms with Crippen molar-refractivity contribution in [3.63, 3.8) is 0 Å². The molecule has 0 radical (unpaired) electrons. The Labute approximate surface area is 191 Å². The van der Waals surface area contributed by atoms with Gasteiger partial charge in [0.2, 0.25) is 5.91 Å². The maximum atomic E-state index is 13.3. The Morgan fingerprint density at radius 3 is 2.52 bits per heavy atom. The van der Waals surface area contributed by atoms with Crippen molar-refractivity contribution >= 4 is 40.5 Å². The van der Waals surface area contributed by atoms with Crippen molar-refractivity contribution in [2.24, 2.45) is 0 Å². The number of aliphatic hydroxyl groups is 1. The van der Waals surface area contributed by atoms with Crippen LogP contribution in [0.2, 0.25) is 5.02 Å². The molecule has 0 atom stereocenters. The van der Waals surface area contributed by atoms with Crippen LogP contribution in [0.4, 0.5) is 5.69 Å². The monoisotopic (exact) mass is 454 g/mol. The van der Waals surface area contributed by atoms with Crippen LogP contribution in [-0.4, -0.2) is 16.1 Å². The van der Waals surface area contributed by atoms with E-state index in [1.54, 1.807) is 24.3 Å². The van der Waals surface area contributed by atoms with Crippen LogP contribution in [0.25, 0.3) is 11.3 Å². The molecule has 160 valence electrons. The molecule has 0 saturated heterocycles. The van der Waals surface area contributed by atoms with Crippen molar-refractivity contribution in [1.82, 2.24) is 5.32 Å². The van der Waals surface area contributed by atoms with Crippen molar-refractivity contribution in [3.8, 4) is 11.3 Å². The number of benzene rings is 2. The number of carbonyl (C=O) groups is 1. The van der Waals surface area contributed by atoms with E-state index in [0.717, 1.165) is 36.8 Å². The first-order valence-electron chi connectivity index (χ1n) is 10.2. The molecular weight excluding hydrogens is 432 g/mol. The largest absolute Gasteiger partial charge is 0.459 e. The summed E-state index contributed by atoms with van der Waals surface area (Å²) in [4.78, 5) is 13.3. The smallest absolute Gasteiger partial charge is 0.236 e. The molecular formula is C24H23ClN2O3S. The van der Waals surface area contributed by atoms with Gasteiger partial charge in [-0.2, -0.15) is 0 Å². The number of rotatable bonds is 5. The molecule has 1 amide bonds. The van der Waals surface area contributed by atoms with E-state index in [1.165, 1.54) is 0 Å². The Balaban J connectivity index is 1.50. The summed E-state index contributed by atoms with van der Waals surface area (Å²) >= 11 is 11.8. The summed E-state index contributed by atoms with van der Waals surface area (Å²) in [5.41, 5.74) is 1.79. The summed E-state index contributed by atoms with van der Waals surface area (Å²) < 4.78 is 5.59. The molecule has 5 nitrogen and oxygen atoms in total. The predicted octanol–water partition coefficient (Wildman–Crippen LogP) is 5.42. The average Bonchev–Trinajstić information content (AvgIpc) is 3.46. The maximum Gasteiger partial charge on any atom is 0.236 e. The third kappa shape index (κ3) is 4.51. The van der Waals surface area contributed by atoms with E-state index in [9.17, 15) is 9.90 Å². The minimum Gasteiger partial charge on any atom is -0.459 e. The quantitative estimate of drug-likeness (QED) is 0.449. The van der Waals surface area contributed by atoms with Crippen LogP contribution in [0.3, 0.4) is 0 Å². The van der Waals surface area contributed by atoms with E-state index < -0.39 is 5.41 Å². The molecule has 0 spiro atoms. The fourth-order valence-electron chi connectivity index (χ4n) is 4.15. The number of aliphatic hydroxyl groups excluding tert-OH is 1. The van der Waals surface area contributed by atoms with E-state index in [1.807, 2.05) is 36.4 Å². The normalized spacial score (nSPS) is 14.9. The van der Waals surface area contributed by atoms with Gasteiger partial charge in [-0.3, -0.25) is 4.79 Å². The lowest BCUT2D eigenvalue weighted by Crippen LogP contribution is -2.46. The van der Waals surface area contributed by atoms with Crippen molar-refractivity contribution in [3.05, 3.63) is 77.0 Å². The number of hydrogen-bond acceptors (Lipinski definition) is 4. The van der Waals surface area contributed by atoms with Crippen LogP contribution in [0.15, 0.2) is 65.1 Å². The first-order valence-corrected chi connectivity index (χ1v) is 11.0. The highest BCUT2D eigenvalue weighted by molar-refractivity contribution is 7.80. The van der Waals surface area contributed by atoms with Gasteiger partial charge in [-0.05, 0) is 61.0 Å². The van der Waals surface area contributed by atoms with Gasteiger partial charge in [-0.1, -0.05) is 54.8 Å². The molecule has 7 heteroatoms. The van der Waals surface area contributed by atoms with Crippen LogP contribution in [0.5, 0.6) is 0 Å². The zero-order valence-electron chi connectivity index (χ0n) is 16.9. The van der Waals surface area contributed by atoms with Crippen LogP contribution in [0, 0.1) is 0 Å². The predicted molar refractivity (Wildman–Crippen MR) is 126 cm³/mol. The molecule has 1 heterocycles. The van der Waals surface area contributed by atoms with Gasteiger partial charge in [0.1, 0.15) is 18.1 Å². The van der Waals surface area contributed by atoms with E-state index >= 15 is 0 Å². The first-order chi connectivity index (χ1) is 15.0. The number of halogens is 1. The van der Waals surface area contributed by atoms with Crippen molar-refractivity contribution in [2.45, 2.75) is 37.7 Å². The molecule has 0 unspecified atom stereocenters. The number of nitrogens with one attached hydrogen (secondary N) is 2. The summed E-state index contributed by atoms with van der Waals surface area (Å²) in [5, 5.41) is 15.8. The molecule has 1 aliphatic carbocycles. The van der Waals surface area contributed by atoms with E-state index in [2.05, 4.69) is 10.6 Å². The number of thiocarbonyl (C=S) groups is 1. The summed E-state index contributed by atoms with van der Waals surface area (Å²) in [7, 11) is 0. The van der Waals surface area contributed by atoms with Crippen molar-refractivity contribution in [1.29, 1.82) is 0 Å². The van der Waals surface area contributed by atoms with Crippen LogP contribution in [0.1, 0.15) is 37.0 Å². The van der Waals surface area contributed by atoms with Gasteiger partial charge in [-0.25, -0.2) is 0 Å². The Morgan fingerprint density at radius 2 is 1.84 bits per heavy atom. The number of carbonyl (C=O) groups excluding carboxylic acids is 1. The number of anilines is 1. The minimum absolute atomic E-state index is 0.0976. The third-order valence-electron chi connectivity index (χ3n) is 5.76. The Kier molecular flexibility index (Phi) is 6.41. The van der Waals surface area contributed by atoms with Gasteiger partial charge in [0.05, 0.1) is 16.1 Å². The van der Waals surface area contributed by atoms with Gasteiger partial charge >= 0.3 is 0 Å². The van der Waals surface area contributed by atoms with Crippen LogP contribution >= 0.6 is 23.8 Å². The lowest BCUT2D eigenvalue weighted by Gasteiger charge is -2.28. The van der Waals surface area contributed by atoms with Gasteiger partial charge in [0, 0.05) is 5.56 Å². The highest BCUT2D eigenvalue weighted by atomic mass is 35.5. The summed E-state index contributed by atoms with van der Waals surface area (Å²) in [6.45, 7) is -0.169. The minimum atomic E-state index is -0.562. The molecule has 0 aliphatic heterocycles. The average molecular weight is 455 g/mol. The Bertz CT molecular complexity index is 1090. The molecule has 1 fully saturated rings. The second-order valence-corrected chi connectivity index (χ2v) is 8.50. The van der Waals surface area contributed by atoms with Gasteiger partial charge in [-0.15, -0.1) is 0 Å². The van der Waals surface area contributed by atoms with E-state index in [-0.39, 0.29) is 17.6 Å². The van der Waals surface area contributed by atoms with Gasteiger partial charge in [0.15, 0.2) is 5.11 Å². The number of furan rings is 1. The highest BCUT2D eigenvalue weighted by Gasteiger charge is 2.42. The summed E-state index contributed by atoms with van der Waals surface area (Å²) in [6.07, 6.45) is 3.62. The second kappa shape index (κ2) is 9.22. The zero-order valence-corrected chi connectivity index (χ0v) is 18.4.